The molecule has 0 aliphatic carbocycles. The van der Waals surface area contributed by atoms with E-state index in [0.717, 1.165) is 10.8 Å². The van der Waals surface area contributed by atoms with E-state index >= 15 is 0 Å². The van der Waals surface area contributed by atoms with Gasteiger partial charge >= 0.3 is 5.69 Å². The number of hydrogen-bond acceptors (Lipinski definition) is 5. The first-order chi connectivity index (χ1) is 7.34. The Balaban J connectivity index is 2.63. The predicted molar refractivity (Wildman–Crippen MR) is 53.3 cm³/mol. The molecule has 1 N–H and O–H groups in total. The molecule has 2 aromatic heterocycles. The summed E-state index contributed by atoms with van der Waals surface area (Å²) in [5.41, 5.74) is 1.00. The van der Waals surface area contributed by atoms with Crippen molar-refractivity contribution in [2.24, 2.45) is 0 Å². The smallest absolute Gasteiger partial charge is 0.305 e. The zero-order valence-electron chi connectivity index (χ0n) is 7.51. The van der Waals surface area contributed by atoms with Gasteiger partial charge in [0.1, 0.15) is 0 Å². The van der Waals surface area contributed by atoms with E-state index in [-0.39, 0.29) is 5.69 Å². The molecule has 0 amide bonds. The quantitative estimate of drug-likeness (QED) is 0.525. The zero-order valence-corrected chi connectivity index (χ0v) is 7.51. The molecule has 0 radical (unpaired) electrons. The van der Waals surface area contributed by atoms with Crippen LogP contribution in [0.3, 0.4) is 0 Å². The fourth-order valence-electron chi connectivity index (χ4n) is 1.52. The Bertz CT molecular complexity index is 705. The summed E-state index contributed by atoms with van der Waals surface area (Å²) in [6.45, 7) is 0. The van der Waals surface area contributed by atoms with Gasteiger partial charge in [0.05, 0.1) is 17.2 Å². The Morgan fingerprint density at radius 3 is 3.07 bits per heavy atom. The van der Waals surface area contributed by atoms with Crippen LogP contribution in [-0.2, 0) is 0 Å². The molecule has 0 bridgehead atoms. The number of aromatic nitrogens is 5. The molecule has 6 heteroatoms. The first-order valence-corrected chi connectivity index (χ1v) is 4.31. The molecule has 0 aliphatic heterocycles. The van der Waals surface area contributed by atoms with Crippen molar-refractivity contribution in [1.82, 2.24) is 25.4 Å². The van der Waals surface area contributed by atoms with Crippen molar-refractivity contribution in [2.75, 3.05) is 0 Å². The molecule has 6 nitrogen and oxygen atoms in total. The first-order valence-electron chi connectivity index (χ1n) is 4.31. The molecule has 0 aliphatic rings. The minimum atomic E-state index is -0.383. The van der Waals surface area contributed by atoms with Gasteiger partial charge in [-0.25, -0.2) is 9.78 Å². The molecule has 0 fully saturated rings. The number of aromatic amines is 1. The third-order valence-corrected chi connectivity index (χ3v) is 2.20. The maximum atomic E-state index is 11.1. The fourth-order valence-corrected chi connectivity index (χ4v) is 1.52. The van der Waals surface area contributed by atoms with Gasteiger partial charge in [0, 0.05) is 17.0 Å². The fraction of sp³-hybridized carbons (Fsp3) is 0. The van der Waals surface area contributed by atoms with Crippen LogP contribution < -0.4 is 5.69 Å². The molecule has 2 heterocycles. The third-order valence-electron chi connectivity index (χ3n) is 2.20. The molecule has 3 rings (SSSR count). The largest absolute Gasteiger partial charge is 0.345 e. The van der Waals surface area contributed by atoms with Crippen LogP contribution in [0.5, 0.6) is 0 Å². The molecule has 0 saturated heterocycles. The van der Waals surface area contributed by atoms with Crippen LogP contribution in [0.25, 0.3) is 21.8 Å². The van der Waals surface area contributed by atoms with Gasteiger partial charge in [-0.1, -0.05) is 0 Å². The summed E-state index contributed by atoms with van der Waals surface area (Å²) in [7, 11) is 0. The molecule has 3 aromatic rings. The van der Waals surface area contributed by atoms with E-state index in [4.69, 9.17) is 0 Å². The van der Waals surface area contributed by atoms with E-state index in [1.54, 1.807) is 6.20 Å². The summed E-state index contributed by atoms with van der Waals surface area (Å²) < 4.78 is 0. The monoisotopic (exact) mass is 199 g/mol. The molecule has 0 atom stereocenters. The number of hydrogen-bond donors (Lipinski definition) is 1. The van der Waals surface area contributed by atoms with E-state index < -0.39 is 0 Å². The molecule has 15 heavy (non-hydrogen) atoms. The maximum Gasteiger partial charge on any atom is 0.345 e. The summed E-state index contributed by atoms with van der Waals surface area (Å²) in [6, 6.07) is 3.64. The third kappa shape index (κ3) is 1.15. The highest BCUT2D eigenvalue weighted by atomic mass is 16.1. The summed E-state index contributed by atoms with van der Waals surface area (Å²) in [5, 5.41) is 12.7. The van der Waals surface area contributed by atoms with E-state index in [9.17, 15) is 4.79 Å². The van der Waals surface area contributed by atoms with Crippen molar-refractivity contribution < 1.29 is 0 Å². The highest BCUT2D eigenvalue weighted by molar-refractivity contribution is 6.02. The minimum absolute atomic E-state index is 0.383. The number of rotatable bonds is 0. The topological polar surface area (TPSA) is 84.4 Å². The van der Waals surface area contributed by atoms with Crippen molar-refractivity contribution in [1.29, 1.82) is 0 Å². The number of benzene rings is 1. The second-order valence-corrected chi connectivity index (χ2v) is 3.08. The molecule has 1 aromatic carbocycles. The van der Waals surface area contributed by atoms with Crippen molar-refractivity contribution in [3.63, 3.8) is 0 Å². The Hall–Kier alpha value is -2.37. The highest BCUT2D eigenvalue weighted by Gasteiger charge is 2.02. The van der Waals surface area contributed by atoms with Crippen LogP contribution in [0, 0.1) is 0 Å². The van der Waals surface area contributed by atoms with Gasteiger partial charge in [0.25, 0.3) is 0 Å². The van der Waals surface area contributed by atoms with E-state index in [2.05, 4.69) is 25.4 Å². The average molecular weight is 199 g/mol. The number of nitrogens with zero attached hydrogens (tertiary/aromatic N) is 4. The van der Waals surface area contributed by atoms with Crippen molar-refractivity contribution >= 4 is 21.8 Å². The lowest BCUT2D eigenvalue weighted by molar-refractivity contribution is 0.896. The Labute approximate surface area is 83.0 Å². The highest BCUT2D eigenvalue weighted by Crippen LogP contribution is 2.18. The van der Waals surface area contributed by atoms with Crippen LogP contribution in [0.4, 0.5) is 0 Å². The standard InChI is InChI=1S/C9H5N5O/c15-9-10-3-5-1-2-7-6(8(5)12-9)4-11-14-13-7/h1-4H,(H,10,12,15). The minimum Gasteiger partial charge on any atom is -0.305 e. The zero-order chi connectivity index (χ0) is 10.3. The van der Waals surface area contributed by atoms with Gasteiger partial charge < -0.3 is 4.98 Å². The van der Waals surface area contributed by atoms with Crippen LogP contribution in [0.2, 0.25) is 0 Å². The van der Waals surface area contributed by atoms with Gasteiger partial charge in [-0.05, 0) is 17.3 Å². The van der Waals surface area contributed by atoms with E-state index in [1.165, 1.54) is 6.20 Å². The van der Waals surface area contributed by atoms with Crippen molar-refractivity contribution in [3.05, 3.63) is 35.0 Å². The SMILES string of the molecule is O=c1ncc2ccc3nnncc3c2[nH]1. The summed E-state index contributed by atoms with van der Waals surface area (Å²) in [4.78, 5) is 17.4. The molecule has 0 spiro atoms. The predicted octanol–water partition coefficient (Wildman–Crippen LogP) is 0.261. The maximum absolute atomic E-state index is 11.1. The Morgan fingerprint density at radius 2 is 2.13 bits per heavy atom. The van der Waals surface area contributed by atoms with Crippen LogP contribution in [-0.4, -0.2) is 25.4 Å². The van der Waals surface area contributed by atoms with Crippen molar-refractivity contribution in [2.45, 2.75) is 0 Å². The summed E-state index contributed by atoms with van der Waals surface area (Å²) in [5.74, 6) is 0. The van der Waals surface area contributed by atoms with E-state index in [0.29, 0.717) is 11.0 Å². The molecular weight excluding hydrogens is 194 g/mol. The molecular formula is C9H5N5O. The van der Waals surface area contributed by atoms with Gasteiger partial charge in [0.2, 0.25) is 0 Å². The average Bonchev–Trinajstić information content (AvgIpc) is 2.29. The number of fused-ring (bicyclic) bond motifs is 3. The van der Waals surface area contributed by atoms with Crippen molar-refractivity contribution in [3.8, 4) is 0 Å². The Morgan fingerprint density at radius 1 is 1.20 bits per heavy atom. The second kappa shape index (κ2) is 2.81. The lowest BCUT2D eigenvalue weighted by atomic mass is 10.2. The first kappa shape index (κ1) is 7.98. The number of nitrogens with one attached hydrogen (secondary N) is 1. The summed E-state index contributed by atoms with van der Waals surface area (Å²) >= 11 is 0. The lowest BCUT2D eigenvalue weighted by Crippen LogP contribution is -2.08. The lowest BCUT2D eigenvalue weighted by Gasteiger charge is -1.99. The van der Waals surface area contributed by atoms with Gasteiger partial charge in [-0.15, -0.1) is 10.2 Å². The van der Waals surface area contributed by atoms with Gasteiger partial charge in [0.15, 0.2) is 0 Å². The van der Waals surface area contributed by atoms with Crippen LogP contribution in [0.1, 0.15) is 0 Å². The molecule has 0 unspecified atom stereocenters. The Kier molecular flexibility index (Phi) is 1.49. The van der Waals surface area contributed by atoms with Gasteiger partial charge in [-0.3, -0.25) is 0 Å². The summed E-state index contributed by atoms with van der Waals surface area (Å²) in [6.07, 6.45) is 3.09. The van der Waals surface area contributed by atoms with Gasteiger partial charge in [-0.2, -0.15) is 0 Å². The second-order valence-electron chi connectivity index (χ2n) is 3.08. The molecule has 72 valence electrons. The van der Waals surface area contributed by atoms with Crippen LogP contribution >= 0.6 is 0 Å². The van der Waals surface area contributed by atoms with Crippen LogP contribution in [0.15, 0.2) is 29.3 Å². The normalized spacial score (nSPS) is 10.9. The van der Waals surface area contributed by atoms with E-state index in [1.807, 2.05) is 12.1 Å². The molecule has 0 saturated carbocycles. The number of H-pyrrole nitrogens is 1.